The van der Waals surface area contributed by atoms with Gasteiger partial charge in [0.05, 0.1) is 6.10 Å². The first-order chi connectivity index (χ1) is 8.22. The zero-order valence-electron chi connectivity index (χ0n) is 9.57. The molecule has 1 saturated heterocycles. The van der Waals surface area contributed by atoms with Crippen molar-refractivity contribution in [2.24, 2.45) is 0 Å². The van der Waals surface area contributed by atoms with E-state index in [-0.39, 0.29) is 12.2 Å². The number of hydrogen-bond acceptors (Lipinski definition) is 3. The van der Waals surface area contributed by atoms with Crippen LogP contribution < -0.4 is 5.32 Å². The van der Waals surface area contributed by atoms with Crippen molar-refractivity contribution in [1.82, 2.24) is 5.32 Å². The zero-order chi connectivity index (χ0) is 11.8. The van der Waals surface area contributed by atoms with Crippen LogP contribution in [0.2, 0.25) is 0 Å². The molecule has 0 saturated carbocycles. The average Bonchev–Trinajstić information content (AvgIpc) is 2.72. The van der Waals surface area contributed by atoms with E-state index in [1.165, 1.54) is 0 Å². The first-order valence-electron chi connectivity index (χ1n) is 5.77. The number of benzene rings is 1. The molecule has 2 atom stereocenters. The van der Waals surface area contributed by atoms with Crippen LogP contribution in [0.1, 0.15) is 18.8 Å². The monoisotopic (exact) mass is 295 g/mol. The molecular weight excluding hydrogens is 282 g/mol. The standard InChI is InChI=1S/C13H14BrNO2/c1-8-6-15-7-13(16-8)12-5-9-4-10(14)2-3-11(9)17-12/h2-5,8,13,15H,6-7H2,1H3. The summed E-state index contributed by atoms with van der Waals surface area (Å²) >= 11 is 3.46. The highest BCUT2D eigenvalue weighted by Gasteiger charge is 2.23. The smallest absolute Gasteiger partial charge is 0.135 e. The molecular formula is C13H14BrNO2. The Morgan fingerprint density at radius 1 is 1.29 bits per heavy atom. The van der Waals surface area contributed by atoms with E-state index in [1.54, 1.807) is 0 Å². The van der Waals surface area contributed by atoms with Crippen LogP contribution in [0.3, 0.4) is 0 Å². The van der Waals surface area contributed by atoms with E-state index in [1.807, 2.05) is 12.1 Å². The summed E-state index contributed by atoms with van der Waals surface area (Å²) < 4.78 is 12.8. The largest absolute Gasteiger partial charge is 0.458 e. The molecule has 4 heteroatoms. The number of nitrogens with one attached hydrogen (secondary N) is 1. The number of morpholine rings is 1. The summed E-state index contributed by atoms with van der Waals surface area (Å²) in [5.74, 6) is 0.900. The van der Waals surface area contributed by atoms with Gasteiger partial charge in [0.2, 0.25) is 0 Å². The summed E-state index contributed by atoms with van der Waals surface area (Å²) in [6, 6.07) is 8.08. The van der Waals surface area contributed by atoms with Crippen molar-refractivity contribution in [2.45, 2.75) is 19.1 Å². The van der Waals surface area contributed by atoms with Gasteiger partial charge in [0.1, 0.15) is 17.4 Å². The molecule has 2 heterocycles. The number of halogens is 1. The Morgan fingerprint density at radius 3 is 3.00 bits per heavy atom. The molecule has 1 fully saturated rings. The molecule has 17 heavy (non-hydrogen) atoms. The van der Waals surface area contributed by atoms with Crippen LogP contribution in [0, 0.1) is 0 Å². The Bertz CT molecular complexity index is 537. The van der Waals surface area contributed by atoms with Gasteiger partial charge in [-0.15, -0.1) is 0 Å². The van der Waals surface area contributed by atoms with Crippen molar-refractivity contribution in [2.75, 3.05) is 13.1 Å². The quantitative estimate of drug-likeness (QED) is 0.877. The van der Waals surface area contributed by atoms with E-state index >= 15 is 0 Å². The molecule has 1 aromatic carbocycles. The van der Waals surface area contributed by atoms with Crippen molar-refractivity contribution in [1.29, 1.82) is 0 Å². The van der Waals surface area contributed by atoms with E-state index in [9.17, 15) is 0 Å². The van der Waals surface area contributed by atoms with E-state index < -0.39 is 0 Å². The summed E-state index contributed by atoms with van der Waals surface area (Å²) in [5, 5.41) is 4.45. The fourth-order valence-electron chi connectivity index (χ4n) is 2.16. The predicted molar refractivity (Wildman–Crippen MR) is 70.1 cm³/mol. The molecule has 0 amide bonds. The highest BCUT2D eigenvalue weighted by atomic mass is 79.9. The van der Waals surface area contributed by atoms with Gasteiger partial charge < -0.3 is 14.5 Å². The number of hydrogen-bond donors (Lipinski definition) is 1. The van der Waals surface area contributed by atoms with Gasteiger partial charge in [0, 0.05) is 22.9 Å². The van der Waals surface area contributed by atoms with Crippen LogP contribution >= 0.6 is 15.9 Å². The maximum Gasteiger partial charge on any atom is 0.135 e. The first kappa shape index (κ1) is 11.3. The molecule has 2 aromatic rings. The molecule has 3 rings (SSSR count). The van der Waals surface area contributed by atoms with Crippen LogP contribution in [0.4, 0.5) is 0 Å². The second-order valence-electron chi connectivity index (χ2n) is 4.42. The lowest BCUT2D eigenvalue weighted by Gasteiger charge is -2.27. The zero-order valence-corrected chi connectivity index (χ0v) is 11.2. The summed E-state index contributed by atoms with van der Waals surface area (Å²) in [5.41, 5.74) is 0.907. The molecule has 0 aliphatic carbocycles. The van der Waals surface area contributed by atoms with Crippen molar-refractivity contribution in [3.05, 3.63) is 34.5 Å². The van der Waals surface area contributed by atoms with Gasteiger partial charge in [0.15, 0.2) is 0 Å². The van der Waals surface area contributed by atoms with Crippen LogP contribution in [0.5, 0.6) is 0 Å². The van der Waals surface area contributed by atoms with E-state index in [2.05, 4.69) is 40.3 Å². The number of rotatable bonds is 1. The maximum absolute atomic E-state index is 5.86. The highest BCUT2D eigenvalue weighted by Crippen LogP contribution is 2.29. The minimum Gasteiger partial charge on any atom is -0.458 e. The molecule has 0 spiro atoms. The van der Waals surface area contributed by atoms with E-state index in [0.29, 0.717) is 0 Å². The maximum atomic E-state index is 5.86. The third-order valence-electron chi connectivity index (χ3n) is 2.97. The predicted octanol–water partition coefficient (Wildman–Crippen LogP) is 3.24. The van der Waals surface area contributed by atoms with Crippen molar-refractivity contribution >= 4 is 26.9 Å². The van der Waals surface area contributed by atoms with Gasteiger partial charge >= 0.3 is 0 Å². The van der Waals surface area contributed by atoms with Crippen LogP contribution in [0.15, 0.2) is 33.2 Å². The lowest BCUT2D eigenvalue weighted by atomic mass is 10.2. The third kappa shape index (κ3) is 2.25. The van der Waals surface area contributed by atoms with Crippen LogP contribution in [0.25, 0.3) is 11.0 Å². The topological polar surface area (TPSA) is 34.4 Å². The second kappa shape index (κ2) is 4.44. The fourth-order valence-corrected chi connectivity index (χ4v) is 2.53. The molecule has 0 radical (unpaired) electrons. The van der Waals surface area contributed by atoms with Gasteiger partial charge in [-0.25, -0.2) is 0 Å². The second-order valence-corrected chi connectivity index (χ2v) is 5.34. The summed E-state index contributed by atoms with van der Waals surface area (Å²) in [6.07, 6.45) is 0.249. The first-order valence-corrected chi connectivity index (χ1v) is 6.57. The molecule has 1 aromatic heterocycles. The minimum absolute atomic E-state index is 0.0184. The Kier molecular flexibility index (Phi) is 2.94. The summed E-state index contributed by atoms with van der Waals surface area (Å²) in [4.78, 5) is 0. The lowest BCUT2D eigenvalue weighted by molar-refractivity contribution is -0.0383. The molecule has 2 unspecified atom stereocenters. The van der Waals surface area contributed by atoms with Crippen molar-refractivity contribution in [3.63, 3.8) is 0 Å². The lowest BCUT2D eigenvalue weighted by Crippen LogP contribution is -2.38. The molecule has 3 nitrogen and oxygen atoms in total. The van der Waals surface area contributed by atoms with Crippen LogP contribution in [-0.2, 0) is 4.74 Å². The van der Waals surface area contributed by atoms with Crippen molar-refractivity contribution in [3.8, 4) is 0 Å². The summed E-state index contributed by atoms with van der Waals surface area (Å²) in [7, 11) is 0. The average molecular weight is 296 g/mol. The molecule has 1 aliphatic heterocycles. The normalized spacial score (nSPS) is 25.3. The minimum atomic E-state index is 0.0184. The van der Waals surface area contributed by atoms with Gasteiger partial charge in [-0.05, 0) is 31.2 Å². The Balaban J connectivity index is 1.94. The van der Waals surface area contributed by atoms with Gasteiger partial charge in [-0.2, -0.15) is 0 Å². The van der Waals surface area contributed by atoms with Gasteiger partial charge in [0.25, 0.3) is 0 Å². The van der Waals surface area contributed by atoms with E-state index in [0.717, 1.165) is 34.3 Å². The molecule has 90 valence electrons. The molecule has 1 aliphatic rings. The fraction of sp³-hybridized carbons (Fsp3) is 0.385. The SMILES string of the molecule is CC1CNCC(c2cc3cc(Br)ccc3o2)O1. The van der Waals surface area contributed by atoms with Crippen molar-refractivity contribution < 1.29 is 9.15 Å². The Hall–Kier alpha value is -0.840. The van der Waals surface area contributed by atoms with E-state index in [4.69, 9.17) is 9.15 Å². The summed E-state index contributed by atoms with van der Waals surface area (Å²) in [6.45, 7) is 3.78. The molecule has 0 bridgehead atoms. The number of fused-ring (bicyclic) bond motifs is 1. The number of furan rings is 1. The third-order valence-corrected chi connectivity index (χ3v) is 3.47. The Morgan fingerprint density at radius 2 is 2.18 bits per heavy atom. The van der Waals surface area contributed by atoms with Gasteiger partial charge in [-0.1, -0.05) is 15.9 Å². The highest BCUT2D eigenvalue weighted by molar-refractivity contribution is 9.10. The number of ether oxygens (including phenoxy) is 1. The molecule has 1 N–H and O–H groups in total. The Labute approximate surface area is 108 Å². The van der Waals surface area contributed by atoms with Crippen LogP contribution in [-0.4, -0.2) is 19.2 Å². The van der Waals surface area contributed by atoms with Gasteiger partial charge in [-0.3, -0.25) is 0 Å².